The quantitative estimate of drug-likeness (QED) is 0.864. The van der Waals surface area contributed by atoms with Gasteiger partial charge in [0.05, 0.1) is 6.54 Å². The van der Waals surface area contributed by atoms with Crippen LogP contribution in [0, 0.1) is 12.8 Å². The van der Waals surface area contributed by atoms with Gasteiger partial charge in [-0.15, -0.1) is 0 Å². The Morgan fingerprint density at radius 1 is 1.47 bits per heavy atom. The van der Waals surface area contributed by atoms with Crippen molar-refractivity contribution in [3.63, 3.8) is 0 Å². The third-order valence-corrected chi connectivity index (χ3v) is 3.64. The van der Waals surface area contributed by atoms with Gasteiger partial charge in [0.25, 0.3) is 0 Å². The van der Waals surface area contributed by atoms with Crippen LogP contribution in [0.1, 0.15) is 37.9 Å². The fourth-order valence-electron chi connectivity index (χ4n) is 2.43. The second kappa shape index (κ2) is 6.65. The highest BCUT2D eigenvalue weighted by atomic mass is 16.5. The third kappa shape index (κ3) is 4.31. The number of rotatable bonds is 5. The van der Waals surface area contributed by atoms with E-state index in [4.69, 9.17) is 4.52 Å². The van der Waals surface area contributed by atoms with Crippen LogP contribution in [0.15, 0.2) is 4.52 Å². The first kappa shape index (κ1) is 14.0. The van der Waals surface area contributed by atoms with E-state index in [-0.39, 0.29) is 5.91 Å². The molecule has 6 nitrogen and oxygen atoms in total. The molecule has 2 heterocycles. The molecule has 1 amide bonds. The molecule has 1 N–H and O–H groups in total. The summed E-state index contributed by atoms with van der Waals surface area (Å²) in [5.74, 6) is 1.65. The molecule has 0 atom stereocenters. The minimum atomic E-state index is 0.0809. The first-order valence-corrected chi connectivity index (χ1v) is 6.95. The van der Waals surface area contributed by atoms with Crippen molar-refractivity contribution in [2.24, 2.45) is 5.92 Å². The van der Waals surface area contributed by atoms with Crippen molar-refractivity contribution < 1.29 is 9.32 Å². The number of aryl methyl sites for hydroxylation is 1. The standard InChI is InChI=1S/C13H22N4O2/c1-3-17-6-4-11(5-7-17)8-13(18)14-9-12-15-10(2)19-16-12/h11H,3-9H2,1-2H3,(H,14,18). The zero-order valence-electron chi connectivity index (χ0n) is 11.7. The second-order valence-electron chi connectivity index (χ2n) is 5.09. The van der Waals surface area contributed by atoms with Crippen LogP contribution in [0.4, 0.5) is 0 Å². The lowest BCUT2D eigenvalue weighted by molar-refractivity contribution is -0.122. The largest absolute Gasteiger partial charge is 0.349 e. The zero-order valence-corrected chi connectivity index (χ0v) is 11.7. The molecule has 19 heavy (non-hydrogen) atoms. The summed E-state index contributed by atoms with van der Waals surface area (Å²) >= 11 is 0. The van der Waals surface area contributed by atoms with E-state index >= 15 is 0 Å². The topological polar surface area (TPSA) is 71.3 Å². The molecule has 1 aliphatic rings. The first-order valence-electron chi connectivity index (χ1n) is 6.95. The maximum absolute atomic E-state index is 11.8. The smallest absolute Gasteiger partial charge is 0.223 e. The number of likely N-dealkylation sites (tertiary alicyclic amines) is 1. The number of carbonyl (C=O) groups is 1. The van der Waals surface area contributed by atoms with Gasteiger partial charge in [0.1, 0.15) is 0 Å². The van der Waals surface area contributed by atoms with Gasteiger partial charge in [0, 0.05) is 13.3 Å². The first-order chi connectivity index (χ1) is 9.17. The summed E-state index contributed by atoms with van der Waals surface area (Å²) in [7, 11) is 0. The third-order valence-electron chi connectivity index (χ3n) is 3.64. The van der Waals surface area contributed by atoms with Crippen LogP contribution in [0.25, 0.3) is 0 Å². The van der Waals surface area contributed by atoms with Crippen molar-refractivity contribution in [2.45, 2.75) is 39.7 Å². The molecule has 2 rings (SSSR count). The average molecular weight is 266 g/mol. The Labute approximate surface area is 113 Å². The molecule has 0 saturated carbocycles. The lowest BCUT2D eigenvalue weighted by Gasteiger charge is -2.30. The van der Waals surface area contributed by atoms with E-state index < -0.39 is 0 Å². The predicted octanol–water partition coefficient (Wildman–Crippen LogP) is 1.12. The number of hydrogen-bond donors (Lipinski definition) is 1. The Balaban J connectivity index is 1.67. The van der Waals surface area contributed by atoms with Crippen LogP contribution in [-0.4, -0.2) is 40.6 Å². The molecule has 1 aromatic rings. The van der Waals surface area contributed by atoms with Crippen LogP contribution in [0.5, 0.6) is 0 Å². The summed E-state index contributed by atoms with van der Waals surface area (Å²) in [6.07, 6.45) is 2.83. The van der Waals surface area contributed by atoms with E-state index in [1.54, 1.807) is 6.92 Å². The summed E-state index contributed by atoms with van der Waals surface area (Å²) in [6, 6.07) is 0. The van der Waals surface area contributed by atoms with E-state index in [0.29, 0.717) is 30.6 Å². The van der Waals surface area contributed by atoms with Crippen LogP contribution >= 0.6 is 0 Å². The Bertz CT molecular complexity index is 411. The van der Waals surface area contributed by atoms with E-state index in [2.05, 4.69) is 27.3 Å². The molecule has 0 aromatic carbocycles. The van der Waals surface area contributed by atoms with Crippen LogP contribution in [-0.2, 0) is 11.3 Å². The van der Waals surface area contributed by atoms with Crippen LogP contribution in [0.3, 0.4) is 0 Å². The maximum atomic E-state index is 11.8. The molecule has 1 aliphatic heterocycles. The van der Waals surface area contributed by atoms with Crippen molar-refractivity contribution in [2.75, 3.05) is 19.6 Å². The van der Waals surface area contributed by atoms with Gasteiger partial charge in [-0.1, -0.05) is 12.1 Å². The number of aromatic nitrogens is 2. The molecule has 0 aliphatic carbocycles. The Morgan fingerprint density at radius 3 is 2.79 bits per heavy atom. The highest BCUT2D eigenvalue weighted by Gasteiger charge is 2.20. The minimum absolute atomic E-state index is 0.0809. The lowest BCUT2D eigenvalue weighted by Crippen LogP contribution is -2.35. The second-order valence-corrected chi connectivity index (χ2v) is 5.09. The molecule has 0 unspecified atom stereocenters. The fourth-order valence-corrected chi connectivity index (χ4v) is 2.43. The maximum Gasteiger partial charge on any atom is 0.223 e. The monoisotopic (exact) mass is 266 g/mol. The van der Waals surface area contributed by atoms with E-state index in [9.17, 15) is 4.79 Å². The molecule has 1 aromatic heterocycles. The number of amides is 1. The van der Waals surface area contributed by atoms with Gasteiger partial charge in [-0.2, -0.15) is 4.98 Å². The molecular weight excluding hydrogens is 244 g/mol. The number of carbonyl (C=O) groups excluding carboxylic acids is 1. The number of nitrogens with one attached hydrogen (secondary N) is 1. The molecule has 0 spiro atoms. The molecule has 0 radical (unpaired) electrons. The highest BCUT2D eigenvalue weighted by Crippen LogP contribution is 2.19. The molecule has 0 bridgehead atoms. The van der Waals surface area contributed by atoms with Crippen molar-refractivity contribution >= 4 is 5.91 Å². The van der Waals surface area contributed by atoms with Gasteiger partial charge < -0.3 is 14.7 Å². The summed E-state index contributed by atoms with van der Waals surface area (Å²) < 4.78 is 4.85. The van der Waals surface area contributed by atoms with Crippen molar-refractivity contribution in [1.82, 2.24) is 20.4 Å². The van der Waals surface area contributed by atoms with Crippen LogP contribution in [0.2, 0.25) is 0 Å². The minimum Gasteiger partial charge on any atom is -0.349 e. The van der Waals surface area contributed by atoms with Crippen molar-refractivity contribution in [3.05, 3.63) is 11.7 Å². The number of nitrogens with zero attached hydrogens (tertiary/aromatic N) is 3. The van der Waals surface area contributed by atoms with Gasteiger partial charge in [0.2, 0.25) is 11.8 Å². The molecule has 1 saturated heterocycles. The van der Waals surface area contributed by atoms with Gasteiger partial charge in [-0.25, -0.2) is 0 Å². The fraction of sp³-hybridized carbons (Fsp3) is 0.769. The normalized spacial score (nSPS) is 17.6. The summed E-state index contributed by atoms with van der Waals surface area (Å²) in [4.78, 5) is 18.3. The van der Waals surface area contributed by atoms with Gasteiger partial charge in [0.15, 0.2) is 5.82 Å². The Hall–Kier alpha value is -1.43. The predicted molar refractivity (Wildman–Crippen MR) is 70.3 cm³/mol. The lowest BCUT2D eigenvalue weighted by atomic mass is 9.93. The summed E-state index contributed by atoms with van der Waals surface area (Å²) in [5, 5.41) is 6.60. The van der Waals surface area contributed by atoms with Gasteiger partial charge >= 0.3 is 0 Å². The Morgan fingerprint density at radius 2 is 2.21 bits per heavy atom. The number of piperidine rings is 1. The van der Waals surface area contributed by atoms with Crippen LogP contribution < -0.4 is 5.32 Å². The van der Waals surface area contributed by atoms with Crippen molar-refractivity contribution in [3.8, 4) is 0 Å². The van der Waals surface area contributed by atoms with E-state index in [0.717, 1.165) is 32.5 Å². The van der Waals surface area contributed by atoms with E-state index in [1.807, 2.05) is 0 Å². The SMILES string of the molecule is CCN1CCC(CC(=O)NCc2noc(C)n2)CC1. The molecule has 6 heteroatoms. The zero-order chi connectivity index (χ0) is 13.7. The number of hydrogen-bond acceptors (Lipinski definition) is 5. The molecular formula is C13H22N4O2. The molecule has 1 fully saturated rings. The summed E-state index contributed by atoms with van der Waals surface area (Å²) in [5.41, 5.74) is 0. The highest BCUT2D eigenvalue weighted by molar-refractivity contribution is 5.76. The van der Waals surface area contributed by atoms with Gasteiger partial charge in [-0.3, -0.25) is 4.79 Å². The average Bonchev–Trinajstić information content (AvgIpc) is 2.83. The van der Waals surface area contributed by atoms with E-state index in [1.165, 1.54) is 0 Å². The van der Waals surface area contributed by atoms with Crippen molar-refractivity contribution in [1.29, 1.82) is 0 Å². The summed E-state index contributed by atoms with van der Waals surface area (Å²) in [6.45, 7) is 7.59. The van der Waals surface area contributed by atoms with Gasteiger partial charge in [-0.05, 0) is 38.4 Å². The Kier molecular flexibility index (Phi) is 4.90. The molecule has 106 valence electrons.